The van der Waals surface area contributed by atoms with Crippen LogP contribution in [-0.2, 0) is 9.59 Å². The highest BCUT2D eigenvalue weighted by atomic mass is 16.5. The molecule has 0 aliphatic rings. The molecule has 8 heteroatoms. The monoisotopic (exact) mass is 308 g/mol. The van der Waals surface area contributed by atoms with E-state index in [-0.39, 0.29) is 0 Å². The van der Waals surface area contributed by atoms with Crippen LogP contribution in [-0.4, -0.2) is 32.6 Å². The van der Waals surface area contributed by atoms with Crippen LogP contribution in [0, 0.1) is 0 Å². The second-order valence-corrected chi connectivity index (χ2v) is 3.57. The second-order valence-electron chi connectivity index (χ2n) is 3.57. The van der Waals surface area contributed by atoms with E-state index in [0.717, 1.165) is 0 Å². The van der Waals surface area contributed by atoms with Crippen molar-refractivity contribution >= 4 is 23.3 Å². The van der Waals surface area contributed by atoms with Crippen LogP contribution < -0.4 is 11.0 Å². The first kappa shape index (κ1) is 18.9. The van der Waals surface area contributed by atoms with Gasteiger partial charge in [-0.1, -0.05) is 36.4 Å². The van der Waals surface area contributed by atoms with Gasteiger partial charge in [0.2, 0.25) is 0 Å². The zero-order valence-corrected chi connectivity index (χ0v) is 11.4. The molecule has 0 bridgehead atoms. The van der Waals surface area contributed by atoms with Crippen LogP contribution in [0.1, 0.15) is 0 Å². The topological polar surface area (TPSA) is 139 Å². The van der Waals surface area contributed by atoms with Crippen LogP contribution in [0.4, 0.5) is 11.4 Å². The Morgan fingerprint density at radius 1 is 0.636 bits per heavy atom. The summed E-state index contributed by atoms with van der Waals surface area (Å²) in [6.07, 6.45) is 0. The number of aliphatic carboxylic acids is 2. The van der Waals surface area contributed by atoms with Gasteiger partial charge in [-0.25, -0.2) is 9.59 Å². The fraction of sp³-hybridized carbons (Fsp3) is 0. The summed E-state index contributed by atoms with van der Waals surface area (Å²) in [4.78, 5) is 18.2. The van der Waals surface area contributed by atoms with Crippen LogP contribution >= 0.6 is 0 Å². The number of hydrogen-bond acceptors (Lipinski definition) is 6. The summed E-state index contributed by atoms with van der Waals surface area (Å²) >= 11 is 0. The van der Waals surface area contributed by atoms with Crippen molar-refractivity contribution in [3.63, 3.8) is 0 Å². The smallest absolute Gasteiger partial charge is 0.414 e. The Bertz CT molecular complexity index is 496. The number of hydrogen-bond donors (Lipinski definition) is 6. The first-order valence-corrected chi connectivity index (χ1v) is 5.87. The number of carboxylic acid groups (broad SMARTS) is 2. The molecule has 0 spiro atoms. The normalized spacial score (nSPS) is 8.27. The van der Waals surface area contributed by atoms with Crippen molar-refractivity contribution in [3.8, 4) is 0 Å². The SMILES string of the molecule is O=C(O)C(=O)O.ONc1ccccc1.ONc1ccccc1. The van der Waals surface area contributed by atoms with Gasteiger partial charge in [-0.15, -0.1) is 0 Å². The van der Waals surface area contributed by atoms with Gasteiger partial charge in [0.15, 0.2) is 0 Å². The minimum Gasteiger partial charge on any atom is -0.473 e. The zero-order valence-electron chi connectivity index (χ0n) is 11.4. The molecule has 0 fully saturated rings. The highest BCUT2D eigenvalue weighted by molar-refractivity contribution is 6.27. The zero-order chi connectivity index (χ0) is 16.8. The van der Waals surface area contributed by atoms with E-state index >= 15 is 0 Å². The molecule has 0 aliphatic carbocycles. The standard InChI is InChI=1S/2C6H7NO.C2H2O4/c2*8-7-6-4-2-1-3-5-6;3-1(4)2(5)6/h2*1-5,7-8H;(H,3,4)(H,5,6). The molecule has 6 N–H and O–H groups in total. The van der Waals surface area contributed by atoms with Crippen LogP contribution in [0.15, 0.2) is 60.7 Å². The van der Waals surface area contributed by atoms with Crippen molar-refractivity contribution < 1.29 is 30.2 Å². The Labute approximate surface area is 126 Å². The number of anilines is 2. The molecular formula is C14H16N2O6. The Kier molecular flexibility index (Phi) is 10.1. The number of carbonyl (C=O) groups is 2. The average Bonchev–Trinajstić information content (AvgIpc) is 2.57. The summed E-state index contributed by atoms with van der Waals surface area (Å²) in [7, 11) is 0. The third-order valence-corrected chi connectivity index (χ3v) is 1.99. The fourth-order valence-corrected chi connectivity index (χ4v) is 1.03. The first-order valence-electron chi connectivity index (χ1n) is 5.87. The summed E-state index contributed by atoms with van der Waals surface area (Å²) in [5.41, 5.74) is 5.48. The molecular weight excluding hydrogens is 292 g/mol. The fourth-order valence-electron chi connectivity index (χ4n) is 1.03. The predicted molar refractivity (Wildman–Crippen MR) is 79.0 cm³/mol. The van der Waals surface area contributed by atoms with E-state index in [4.69, 9.17) is 30.2 Å². The van der Waals surface area contributed by atoms with Gasteiger partial charge in [0, 0.05) is 0 Å². The molecule has 2 aromatic carbocycles. The highest BCUT2D eigenvalue weighted by Gasteiger charge is 2.04. The second kappa shape index (κ2) is 11.7. The summed E-state index contributed by atoms with van der Waals surface area (Å²) < 4.78 is 0. The van der Waals surface area contributed by atoms with E-state index < -0.39 is 11.9 Å². The van der Waals surface area contributed by atoms with Crippen LogP contribution in [0.5, 0.6) is 0 Å². The number of nitrogens with one attached hydrogen (secondary N) is 2. The largest absolute Gasteiger partial charge is 0.473 e. The summed E-state index contributed by atoms with van der Waals surface area (Å²) in [5.74, 6) is -3.65. The molecule has 0 saturated heterocycles. The van der Waals surface area contributed by atoms with Crippen molar-refractivity contribution in [1.29, 1.82) is 0 Å². The molecule has 0 heterocycles. The van der Waals surface area contributed by atoms with Crippen molar-refractivity contribution in [3.05, 3.63) is 60.7 Å². The Morgan fingerprint density at radius 2 is 0.909 bits per heavy atom. The lowest BCUT2D eigenvalue weighted by atomic mass is 10.3. The molecule has 0 aromatic heterocycles. The molecule has 0 aliphatic heterocycles. The first-order chi connectivity index (χ1) is 10.5. The minimum atomic E-state index is -1.82. The van der Waals surface area contributed by atoms with Crippen molar-refractivity contribution in [2.24, 2.45) is 0 Å². The summed E-state index contributed by atoms with van der Waals surface area (Å²) in [6, 6.07) is 18.3. The summed E-state index contributed by atoms with van der Waals surface area (Å²) in [5, 5.41) is 31.4. The Hall–Kier alpha value is -3.10. The third kappa shape index (κ3) is 9.78. The summed E-state index contributed by atoms with van der Waals surface area (Å²) in [6.45, 7) is 0. The minimum absolute atomic E-state index is 0.715. The Morgan fingerprint density at radius 3 is 1.05 bits per heavy atom. The number of para-hydroxylation sites is 2. The lowest BCUT2D eigenvalue weighted by molar-refractivity contribution is -0.159. The van der Waals surface area contributed by atoms with Gasteiger partial charge in [0.25, 0.3) is 0 Å². The van der Waals surface area contributed by atoms with Crippen LogP contribution in [0.25, 0.3) is 0 Å². The molecule has 2 aromatic rings. The van der Waals surface area contributed by atoms with Crippen LogP contribution in [0.3, 0.4) is 0 Å². The highest BCUT2D eigenvalue weighted by Crippen LogP contribution is 2.02. The van der Waals surface area contributed by atoms with E-state index in [1.165, 1.54) is 0 Å². The Balaban J connectivity index is 0.000000306. The van der Waals surface area contributed by atoms with Gasteiger partial charge in [0.05, 0.1) is 11.4 Å². The lowest BCUT2D eigenvalue weighted by Gasteiger charge is -1.92. The molecule has 0 atom stereocenters. The maximum absolute atomic E-state index is 9.10. The van der Waals surface area contributed by atoms with Gasteiger partial charge in [-0.2, -0.15) is 0 Å². The van der Waals surface area contributed by atoms with Gasteiger partial charge < -0.3 is 10.2 Å². The molecule has 0 unspecified atom stereocenters. The maximum atomic E-state index is 9.10. The predicted octanol–water partition coefficient (Wildman–Crippen LogP) is 2.13. The molecule has 2 rings (SSSR count). The van der Waals surface area contributed by atoms with Gasteiger partial charge >= 0.3 is 11.9 Å². The molecule has 22 heavy (non-hydrogen) atoms. The van der Waals surface area contributed by atoms with Gasteiger partial charge in [-0.3, -0.25) is 21.4 Å². The quantitative estimate of drug-likeness (QED) is 0.366. The van der Waals surface area contributed by atoms with E-state index in [1.807, 2.05) is 47.4 Å². The van der Waals surface area contributed by atoms with E-state index in [1.54, 1.807) is 24.3 Å². The molecule has 0 amide bonds. The van der Waals surface area contributed by atoms with E-state index in [2.05, 4.69) is 0 Å². The van der Waals surface area contributed by atoms with E-state index in [0.29, 0.717) is 11.4 Å². The molecule has 0 radical (unpaired) electrons. The third-order valence-electron chi connectivity index (χ3n) is 1.99. The molecule has 118 valence electrons. The molecule has 0 saturated carbocycles. The molecule has 8 nitrogen and oxygen atoms in total. The number of rotatable bonds is 2. The number of carboxylic acids is 2. The maximum Gasteiger partial charge on any atom is 0.414 e. The van der Waals surface area contributed by atoms with Gasteiger partial charge in [-0.05, 0) is 24.3 Å². The van der Waals surface area contributed by atoms with Crippen LogP contribution in [0.2, 0.25) is 0 Å². The van der Waals surface area contributed by atoms with Crippen molar-refractivity contribution in [2.45, 2.75) is 0 Å². The number of benzene rings is 2. The van der Waals surface area contributed by atoms with E-state index in [9.17, 15) is 0 Å². The lowest BCUT2D eigenvalue weighted by Crippen LogP contribution is -2.09. The van der Waals surface area contributed by atoms with Gasteiger partial charge in [0.1, 0.15) is 0 Å². The average molecular weight is 308 g/mol. The van der Waals surface area contributed by atoms with Crippen molar-refractivity contribution in [1.82, 2.24) is 0 Å². The van der Waals surface area contributed by atoms with Crippen molar-refractivity contribution in [2.75, 3.05) is 11.0 Å².